The number of fused-ring (bicyclic) bond motifs is 2. The molecule has 2 unspecified atom stereocenters. The first-order chi connectivity index (χ1) is 5.04. The third kappa shape index (κ3) is 1.11. The molecule has 0 amide bonds. The van der Waals surface area contributed by atoms with Crippen LogP contribution in [0.25, 0.3) is 0 Å². The maximum atomic E-state index is 5.90. The number of alkyl halides is 3. The Balaban J connectivity index is 2.31. The molecule has 0 aromatic carbocycles. The molecule has 0 nitrogen and oxygen atoms in total. The van der Waals surface area contributed by atoms with Crippen LogP contribution in [-0.2, 0) is 0 Å². The van der Waals surface area contributed by atoms with Gasteiger partial charge in [-0.25, -0.2) is 0 Å². The molecule has 3 heteroatoms. The Morgan fingerprint density at radius 3 is 2.27 bits per heavy atom. The zero-order valence-electron chi connectivity index (χ0n) is 5.99. The summed E-state index contributed by atoms with van der Waals surface area (Å²) in [5.74, 6) is 0.672. The van der Waals surface area contributed by atoms with Gasteiger partial charge in [-0.1, -0.05) is 47.0 Å². The highest BCUT2D eigenvalue weighted by Gasteiger charge is 2.53. The van der Waals surface area contributed by atoms with Crippen molar-refractivity contribution in [1.29, 1.82) is 0 Å². The smallest absolute Gasteiger partial charge is 0.0847 e. The van der Waals surface area contributed by atoms with Crippen molar-refractivity contribution in [2.24, 2.45) is 11.3 Å². The quantitative estimate of drug-likeness (QED) is 0.423. The Morgan fingerprint density at radius 2 is 2.09 bits per heavy atom. The Bertz CT molecular complexity index is 204. The van der Waals surface area contributed by atoms with Crippen molar-refractivity contribution in [3.63, 3.8) is 0 Å². The zero-order chi connectivity index (χ0) is 8.11. The molecule has 0 aromatic heterocycles. The summed E-state index contributed by atoms with van der Waals surface area (Å²) in [6.07, 6.45) is 7.53. The van der Waals surface area contributed by atoms with E-state index in [2.05, 4.69) is 12.2 Å². The van der Waals surface area contributed by atoms with Gasteiger partial charge < -0.3 is 0 Å². The summed E-state index contributed by atoms with van der Waals surface area (Å²) < 4.78 is -1.10. The van der Waals surface area contributed by atoms with Crippen molar-refractivity contribution in [3.8, 4) is 0 Å². The van der Waals surface area contributed by atoms with Crippen LogP contribution in [0.2, 0.25) is 0 Å². The molecular weight excluding hydrogens is 202 g/mol. The number of halogens is 3. The van der Waals surface area contributed by atoms with Gasteiger partial charge in [0, 0.05) is 5.41 Å². The average molecular weight is 212 g/mol. The second-order valence-corrected chi connectivity index (χ2v) is 5.80. The first-order valence-electron chi connectivity index (χ1n) is 3.80. The van der Waals surface area contributed by atoms with Gasteiger partial charge in [-0.2, -0.15) is 0 Å². The number of rotatable bonds is 0. The molecule has 0 N–H and O–H groups in total. The van der Waals surface area contributed by atoms with Gasteiger partial charge in [0.25, 0.3) is 0 Å². The molecule has 2 aliphatic rings. The highest BCUT2D eigenvalue weighted by atomic mass is 35.6. The number of hydrogen-bond acceptors (Lipinski definition) is 0. The second-order valence-electron chi connectivity index (χ2n) is 3.52. The molecule has 0 heterocycles. The van der Waals surface area contributed by atoms with Gasteiger partial charge >= 0.3 is 0 Å². The summed E-state index contributed by atoms with van der Waals surface area (Å²) in [4.78, 5) is 0. The SMILES string of the molecule is ClC(Cl)(Cl)C12C=CC(CC1)C2. The first-order valence-corrected chi connectivity index (χ1v) is 4.93. The van der Waals surface area contributed by atoms with E-state index in [0.29, 0.717) is 5.92 Å². The molecule has 1 fully saturated rings. The summed E-state index contributed by atoms with van der Waals surface area (Å²) in [6, 6.07) is 0. The molecule has 11 heavy (non-hydrogen) atoms. The predicted octanol–water partition coefficient (Wildman–Crippen LogP) is 3.71. The lowest BCUT2D eigenvalue weighted by molar-refractivity contribution is 0.412. The second kappa shape index (κ2) is 2.31. The van der Waals surface area contributed by atoms with E-state index in [1.807, 2.05) is 0 Å². The van der Waals surface area contributed by atoms with Crippen LogP contribution in [0.4, 0.5) is 0 Å². The minimum absolute atomic E-state index is 0.137. The fourth-order valence-corrected chi connectivity index (χ4v) is 2.81. The third-order valence-electron chi connectivity index (χ3n) is 2.84. The van der Waals surface area contributed by atoms with Crippen molar-refractivity contribution in [3.05, 3.63) is 12.2 Å². The molecule has 0 aromatic rings. The monoisotopic (exact) mass is 210 g/mol. The Hall–Kier alpha value is 0.610. The van der Waals surface area contributed by atoms with Gasteiger partial charge in [-0.15, -0.1) is 0 Å². The van der Waals surface area contributed by atoms with Gasteiger partial charge in [0.05, 0.1) is 0 Å². The van der Waals surface area contributed by atoms with Crippen molar-refractivity contribution >= 4 is 34.8 Å². The molecule has 2 aliphatic carbocycles. The fourth-order valence-electron chi connectivity index (χ4n) is 2.10. The molecule has 0 saturated heterocycles. The van der Waals surface area contributed by atoms with E-state index < -0.39 is 3.79 Å². The Kier molecular flexibility index (Phi) is 1.72. The van der Waals surface area contributed by atoms with Crippen LogP contribution in [-0.4, -0.2) is 3.79 Å². The minimum atomic E-state index is -1.10. The topological polar surface area (TPSA) is 0 Å². The standard InChI is InChI=1S/C8H9Cl3/c9-8(10,11)7-3-1-6(5-7)2-4-7/h1,3,6H,2,4-5H2. The molecule has 2 bridgehead atoms. The summed E-state index contributed by atoms with van der Waals surface area (Å²) in [5.41, 5.74) is -0.137. The van der Waals surface area contributed by atoms with E-state index in [-0.39, 0.29) is 5.41 Å². The minimum Gasteiger partial charge on any atom is -0.0847 e. The lowest BCUT2D eigenvalue weighted by Gasteiger charge is -2.31. The van der Waals surface area contributed by atoms with Crippen LogP contribution in [0, 0.1) is 11.3 Å². The van der Waals surface area contributed by atoms with Gasteiger partial charge in [-0.05, 0) is 25.2 Å². The van der Waals surface area contributed by atoms with Gasteiger partial charge in [0.1, 0.15) is 0 Å². The van der Waals surface area contributed by atoms with Crippen LogP contribution in [0.5, 0.6) is 0 Å². The van der Waals surface area contributed by atoms with E-state index >= 15 is 0 Å². The van der Waals surface area contributed by atoms with Gasteiger partial charge in [-0.3, -0.25) is 0 Å². The van der Waals surface area contributed by atoms with Crippen molar-refractivity contribution in [1.82, 2.24) is 0 Å². The molecule has 2 atom stereocenters. The van der Waals surface area contributed by atoms with Crippen LogP contribution in [0.1, 0.15) is 19.3 Å². The summed E-state index contributed by atoms with van der Waals surface area (Å²) in [7, 11) is 0. The normalized spacial score (nSPS) is 41.9. The molecule has 0 aliphatic heterocycles. The maximum Gasteiger partial charge on any atom is 0.199 e. The van der Waals surface area contributed by atoms with Crippen LogP contribution in [0.3, 0.4) is 0 Å². The van der Waals surface area contributed by atoms with Crippen molar-refractivity contribution in [2.75, 3.05) is 0 Å². The highest BCUT2D eigenvalue weighted by molar-refractivity contribution is 6.68. The van der Waals surface area contributed by atoms with E-state index in [1.54, 1.807) is 0 Å². The molecule has 62 valence electrons. The maximum absolute atomic E-state index is 5.90. The van der Waals surface area contributed by atoms with Crippen LogP contribution in [0.15, 0.2) is 12.2 Å². The fraction of sp³-hybridized carbons (Fsp3) is 0.750. The van der Waals surface area contributed by atoms with E-state index in [9.17, 15) is 0 Å². The molecule has 2 rings (SSSR count). The average Bonchev–Trinajstić information content (AvgIpc) is 2.42. The Labute approximate surface area is 81.5 Å². The largest absolute Gasteiger partial charge is 0.199 e. The van der Waals surface area contributed by atoms with Crippen molar-refractivity contribution < 1.29 is 0 Å². The van der Waals surface area contributed by atoms with Gasteiger partial charge in [0.2, 0.25) is 0 Å². The first kappa shape index (κ1) is 8.22. The highest BCUT2D eigenvalue weighted by Crippen LogP contribution is 2.60. The van der Waals surface area contributed by atoms with Crippen molar-refractivity contribution in [2.45, 2.75) is 23.1 Å². The van der Waals surface area contributed by atoms with E-state index in [0.717, 1.165) is 12.8 Å². The van der Waals surface area contributed by atoms with Gasteiger partial charge in [0.15, 0.2) is 3.79 Å². The molecule has 0 spiro atoms. The number of allylic oxidation sites excluding steroid dienone is 2. The van der Waals surface area contributed by atoms with Crippen LogP contribution >= 0.6 is 34.8 Å². The Morgan fingerprint density at radius 1 is 1.36 bits per heavy atom. The zero-order valence-corrected chi connectivity index (χ0v) is 8.26. The predicted molar refractivity (Wildman–Crippen MR) is 49.2 cm³/mol. The summed E-state index contributed by atoms with van der Waals surface area (Å²) in [5, 5.41) is 0. The lowest BCUT2D eigenvalue weighted by Crippen LogP contribution is -2.29. The molecule has 1 saturated carbocycles. The third-order valence-corrected chi connectivity index (χ3v) is 3.97. The molecular formula is C8H9Cl3. The van der Waals surface area contributed by atoms with E-state index in [4.69, 9.17) is 34.8 Å². The molecule has 0 radical (unpaired) electrons. The van der Waals surface area contributed by atoms with E-state index in [1.165, 1.54) is 6.42 Å². The lowest BCUT2D eigenvalue weighted by atomic mass is 9.90. The van der Waals surface area contributed by atoms with Crippen LogP contribution < -0.4 is 0 Å². The summed E-state index contributed by atoms with van der Waals surface area (Å²) in [6.45, 7) is 0. The summed E-state index contributed by atoms with van der Waals surface area (Å²) >= 11 is 17.7. The number of hydrogen-bond donors (Lipinski definition) is 0.